The van der Waals surface area contributed by atoms with Crippen molar-refractivity contribution in [2.45, 2.75) is 6.42 Å². The maximum Gasteiger partial charge on any atom is 0.115 e. The van der Waals surface area contributed by atoms with E-state index in [0.29, 0.717) is 6.42 Å². The maximum atomic E-state index is 9.15. The number of phenols is 2. The van der Waals surface area contributed by atoms with Gasteiger partial charge in [-0.1, -0.05) is 36.1 Å². The zero-order chi connectivity index (χ0) is 13.5. The van der Waals surface area contributed by atoms with Crippen LogP contribution in [0.2, 0.25) is 0 Å². The van der Waals surface area contributed by atoms with Crippen molar-refractivity contribution >= 4 is 6.08 Å². The monoisotopic (exact) mass is 250 g/mol. The van der Waals surface area contributed by atoms with E-state index in [1.54, 1.807) is 36.4 Å². The molecule has 2 aromatic rings. The minimum Gasteiger partial charge on any atom is -0.508 e. The molecule has 0 atom stereocenters. The van der Waals surface area contributed by atoms with E-state index in [2.05, 4.69) is 11.8 Å². The number of benzene rings is 2. The SMILES string of the molecule is Oc1ccc(C#CCC=Cc2ccc(O)cc2)cc1. The first-order valence-corrected chi connectivity index (χ1v) is 5.97. The Morgan fingerprint density at radius 1 is 0.842 bits per heavy atom. The first kappa shape index (κ1) is 12.8. The van der Waals surface area contributed by atoms with Crippen molar-refractivity contribution in [3.63, 3.8) is 0 Å². The molecule has 0 aliphatic carbocycles. The summed E-state index contributed by atoms with van der Waals surface area (Å²) in [6.07, 6.45) is 4.59. The van der Waals surface area contributed by atoms with Crippen molar-refractivity contribution in [2.75, 3.05) is 0 Å². The molecule has 0 aliphatic heterocycles. The Kier molecular flexibility index (Phi) is 4.25. The zero-order valence-corrected chi connectivity index (χ0v) is 10.4. The molecule has 2 aromatic carbocycles. The fourth-order valence-corrected chi connectivity index (χ4v) is 1.54. The molecular formula is C17H14O2. The van der Waals surface area contributed by atoms with Crippen LogP contribution >= 0.6 is 0 Å². The normalized spacial score (nSPS) is 10.1. The molecule has 2 heteroatoms. The lowest BCUT2D eigenvalue weighted by atomic mass is 10.2. The third-order valence-corrected chi connectivity index (χ3v) is 2.52. The second-order valence-electron chi connectivity index (χ2n) is 4.05. The van der Waals surface area contributed by atoms with Crippen LogP contribution in [0, 0.1) is 11.8 Å². The molecule has 0 saturated heterocycles. The van der Waals surface area contributed by atoms with Gasteiger partial charge in [-0.25, -0.2) is 0 Å². The summed E-state index contributed by atoms with van der Waals surface area (Å²) in [5, 5.41) is 18.3. The number of allylic oxidation sites excluding steroid dienone is 1. The second kappa shape index (κ2) is 6.32. The molecule has 0 saturated carbocycles. The predicted octanol–water partition coefficient (Wildman–Crippen LogP) is 3.55. The van der Waals surface area contributed by atoms with Gasteiger partial charge in [-0.05, 0) is 42.0 Å². The minimum atomic E-state index is 0.248. The summed E-state index contributed by atoms with van der Waals surface area (Å²) in [7, 11) is 0. The zero-order valence-electron chi connectivity index (χ0n) is 10.4. The topological polar surface area (TPSA) is 40.5 Å². The highest BCUT2D eigenvalue weighted by molar-refractivity contribution is 5.51. The molecule has 0 heterocycles. The van der Waals surface area contributed by atoms with Gasteiger partial charge in [0.2, 0.25) is 0 Å². The average Bonchev–Trinajstić information content (AvgIpc) is 2.43. The average molecular weight is 250 g/mol. The van der Waals surface area contributed by atoms with Crippen molar-refractivity contribution in [3.8, 4) is 23.3 Å². The Balaban J connectivity index is 1.90. The van der Waals surface area contributed by atoms with Crippen LogP contribution in [0.25, 0.3) is 6.08 Å². The quantitative estimate of drug-likeness (QED) is 0.800. The van der Waals surface area contributed by atoms with Crippen LogP contribution in [-0.2, 0) is 0 Å². The van der Waals surface area contributed by atoms with E-state index in [-0.39, 0.29) is 11.5 Å². The summed E-state index contributed by atoms with van der Waals surface area (Å²) in [6, 6.07) is 13.8. The largest absolute Gasteiger partial charge is 0.508 e. The number of rotatable bonds is 2. The van der Waals surface area contributed by atoms with Crippen LogP contribution in [-0.4, -0.2) is 10.2 Å². The van der Waals surface area contributed by atoms with Crippen molar-refractivity contribution < 1.29 is 10.2 Å². The summed E-state index contributed by atoms with van der Waals surface area (Å²) in [5.74, 6) is 6.57. The van der Waals surface area contributed by atoms with Crippen LogP contribution in [0.3, 0.4) is 0 Å². The molecule has 0 amide bonds. The second-order valence-corrected chi connectivity index (χ2v) is 4.05. The molecule has 0 spiro atoms. The van der Waals surface area contributed by atoms with E-state index in [0.717, 1.165) is 11.1 Å². The maximum absolute atomic E-state index is 9.15. The molecule has 19 heavy (non-hydrogen) atoms. The van der Waals surface area contributed by atoms with E-state index in [4.69, 9.17) is 10.2 Å². The summed E-state index contributed by atoms with van der Waals surface area (Å²) in [5.41, 5.74) is 1.92. The molecule has 2 rings (SSSR count). The summed E-state index contributed by atoms with van der Waals surface area (Å²) >= 11 is 0. The molecular weight excluding hydrogens is 236 g/mol. The fraction of sp³-hybridized carbons (Fsp3) is 0.0588. The van der Waals surface area contributed by atoms with Gasteiger partial charge in [-0.15, -0.1) is 0 Å². The standard InChI is InChI=1S/C17H14O2/c18-16-10-6-14(7-11-16)4-2-1-3-5-15-8-12-17(19)13-9-15/h2,4,6-13,18-19H,1H2. The van der Waals surface area contributed by atoms with Crippen LogP contribution in [0.15, 0.2) is 54.6 Å². The molecule has 2 N–H and O–H groups in total. The van der Waals surface area contributed by atoms with Gasteiger partial charge in [0.1, 0.15) is 11.5 Å². The Morgan fingerprint density at radius 2 is 1.42 bits per heavy atom. The van der Waals surface area contributed by atoms with Gasteiger partial charge >= 0.3 is 0 Å². The van der Waals surface area contributed by atoms with E-state index in [1.165, 1.54) is 0 Å². The van der Waals surface area contributed by atoms with Crippen LogP contribution in [0.5, 0.6) is 11.5 Å². The molecule has 0 unspecified atom stereocenters. The highest BCUT2D eigenvalue weighted by Gasteiger charge is 1.88. The smallest absolute Gasteiger partial charge is 0.115 e. The molecule has 0 radical (unpaired) electrons. The van der Waals surface area contributed by atoms with Gasteiger partial charge in [0, 0.05) is 12.0 Å². The van der Waals surface area contributed by atoms with E-state index >= 15 is 0 Å². The van der Waals surface area contributed by atoms with Crippen molar-refractivity contribution in [1.82, 2.24) is 0 Å². The number of phenolic OH excluding ortho intramolecular Hbond substituents is 2. The van der Waals surface area contributed by atoms with Gasteiger partial charge in [0.15, 0.2) is 0 Å². The molecule has 0 aromatic heterocycles. The Hall–Kier alpha value is -2.66. The van der Waals surface area contributed by atoms with Crippen LogP contribution in [0.1, 0.15) is 17.5 Å². The Morgan fingerprint density at radius 3 is 2.05 bits per heavy atom. The number of hydrogen-bond acceptors (Lipinski definition) is 2. The highest BCUT2D eigenvalue weighted by atomic mass is 16.3. The van der Waals surface area contributed by atoms with Crippen molar-refractivity contribution in [2.24, 2.45) is 0 Å². The van der Waals surface area contributed by atoms with E-state index < -0.39 is 0 Å². The lowest BCUT2D eigenvalue weighted by Crippen LogP contribution is -1.72. The van der Waals surface area contributed by atoms with Gasteiger partial charge in [-0.2, -0.15) is 0 Å². The summed E-state index contributed by atoms with van der Waals surface area (Å²) < 4.78 is 0. The molecule has 0 aliphatic rings. The molecule has 2 nitrogen and oxygen atoms in total. The third kappa shape index (κ3) is 4.25. The van der Waals surface area contributed by atoms with Gasteiger partial charge in [0.05, 0.1) is 0 Å². The van der Waals surface area contributed by atoms with E-state index in [9.17, 15) is 0 Å². The first-order chi connectivity index (χ1) is 9.24. The first-order valence-electron chi connectivity index (χ1n) is 5.97. The summed E-state index contributed by atoms with van der Waals surface area (Å²) in [6.45, 7) is 0. The Labute approximate surface area is 112 Å². The van der Waals surface area contributed by atoms with Crippen molar-refractivity contribution in [1.29, 1.82) is 0 Å². The van der Waals surface area contributed by atoms with Gasteiger partial charge in [-0.3, -0.25) is 0 Å². The Bertz CT molecular complexity index is 611. The van der Waals surface area contributed by atoms with Crippen LogP contribution in [0.4, 0.5) is 0 Å². The molecule has 94 valence electrons. The predicted molar refractivity (Wildman–Crippen MR) is 76.7 cm³/mol. The molecule has 0 fully saturated rings. The fourth-order valence-electron chi connectivity index (χ4n) is 1.54. The minimum absolute atomic E-state index is 0.248. The third-order valence-electron chi connectivity index (χ3n) is 2.52. The number of aromatic hydroxyl groups is 2. The lowest BCUT2D eigenvalue weighted by molar-refractivity contribution is 0.474. The number of hydrogen-bond donors (Lipinski definition) is 2. The van der Waals surface area contributed by atoms with Crippen LogP contribution < -0.4 is 0 Å². The van der Waals surface area contributed by atoms with Gasteiger partial charge < -0.3 is 10.2 Å². The summed E-state index contributed by atoms with van der Waals surface area (Å²) in [4.78, 5) is 0. The molecule has 0 bridgehead atoms. The lowest BCUT2D eigenvalue weighted by Gasteiger charge is -1.92. The van der Waals surface area contributed by atoms with Gasteiger partial charge in [0.25, 0.3) is 0 Å². The highest BCUT2D eigenvalue weighted by Crippen LogP contribution is 2.11. The van der Waals surface area contributed by atoms with Crippen molar-refractivity contribution in [3.05, 3.63) is 65.7 Å². The van der Waals surface area contributed by atoms with E-state index in [1.807, 2.05) is 24.3 Å².